The minimum absolute atomic E-state index is 0.318. The normalized spacial score (nSPS) is 18.2. The second-order valence-electron chi connectivity index (χ2n) is 7.61. The summed E-state index contributed by atoms with van der Waals surface area (Å²) in [6.45, 7) is 10.0. The molecule has 0 spiro atoms. The van der Waals surface area contributed by atoms with E-state index >= 15 is 0 Å². The van der Waals surface area contributed by atoms with Gasteiger partial charge in [0.2, 0.25) is 0 Å². The molecule has 2 nitrogen and oxygen atoms in total. The molecule has 2 aromatic rings. The van der Waals surface area contributed by atoms with Crippen molar-refractivity contribution in [2.75, 3.05) is 6.54 Å². The van der Waals surface area contributed by atoms with Crippen LogP contribution in [-0.4, -0.2) is 16.0 Å². The molecular formula is C20H23BrN2. The molecule has 3 heteroatoms. The molecule has 2 heterocycles. The van der Waals surface area contributed by atoms with Gasteiger partial charge in [0.1, 0.15) is 0 Å². The van der Waals surface area contributed by atoms with E-state index < -0.39 is 0 Å². The van der Waals surface area contributed by atoms with Crippen molar-refractivity contribution in [1.82, 2.24) is 9.47 Å². The van der Waals surface area contributed by atoms with Crippen molar-refractivity contribution in [3.63, 3.8) is 0 Å². The Balaban J connectivity index is 1.66. The van der Waals surface area contributed by atoms with Gasteiger partial charge in [-0.05, 0) is 53.6 Å². The smallest absolute Gasteiger partial charge is 0.0576 e. The van der Waals surface area contributed by atoms with Gasteiger partial charge in [-0.2, -0.15) is 0 Å². The zero-order chi connectivity index (χ0) is 16.2. The van der Waals surface area contributed by atoms with Crippen LogP contribution in [0.25, 0.3) is 12.3 Å². The molecule has 0 N–H and O–H groups in total. The van der Waals surface area contributed by atoms with E-state index in [1.807, 2.05) is 0 Å². The summed E-state index contributed by atoms with van der Waals surface area (Å²) in [7, 11) is 0. The molecule has 0 atom stereocenters. The first-order chi connectivity index (χ1) is 10.9. The number of hydrogen-bond acceptors (Lipinski definition) is 1. The third-order valence-corrected chi connectivity index (χ3v) is 5.52. The fraction of sp³-hybridized carbons (Fsp3) is 0.400. The maximum Gasteiger partial charge on any atom is 0.0576 e. The molecule has 0 bridgehead atoms. The van der Waals surface area contributed by atoms with E-state index in [9.17, 15) is 0 Å². The summed E-state index contributed by atoms with van der Waals surface area (Å²) in [5.74, 6) is 0. The molecule has 0 saturated heterocycles. The van der Waals surface area contributed by atoms with Gasteiger partial charge in [0.25, 0.3) is 0 Å². The number of rotatable bonds is 2. The third-order valence-electron chi connectivity index (χ3n) is 5.03. The first-order valence-corrected chi connectivity index (χ1v) is 9.13. The second-order valence-corrected chi connectivity index (χ2v) is 8.53. The average Bonchev–Trinajstić information content (AvgIpc) is 2.93. The lowest BCUT2D eigenvalue weighted by atomic mass is 9.92. The first kappa shape index (κ1) is 15.1. The molecule has 1 aromatic heterocycles. The highest BCUT2D eigenvalue weighted by Gasteiger charge is 2.25. The molecule has 2 aliphatic rings. The van der Waals surface area contributed by atoms with Gasteiger partial charge in [0.15, 0.2) is 0 Å². The van der Waals surface area contributed by atoms with Crippen LogP contribution >= 0.6 is 15.9 Å². The largest absolute Gasteiger partial charge is 0.370 e. The van der Waals surface area contributed by atoms with Crippen LogP contribution in [0.5, 0.6) is 0 Å². The average molecular weight is 371 g/mol. The van der Waals surface area contributed by atoms with Crippen LogP contribution in [0.15, 0.2) is 28.7 Å². The van der Waals surface area contributed by atoms with Crippen molar-refractivity contribution in [2.45, 2.75) is 40.3 Å². The van der Waals surface area contributed by atoms with Gasteiger partial charge in [0, 0.05) is 35.7 Å². The summed E-state index contributed by atoms with van der Waals surface area (Å²) in [4.78, 5) is 2.45. The molecule has 0 amide bonds. The molecular weight excluding hydrogens is 348 g/mol. The second kappa shape index (κ2) is 5.27. The van der Waals surface area contributed by atoms with Crippen LogP contribution in [0.2, 0.25) is 0 Å². The summed E-state index contributed by atoms with van der Waals surface area (Å²) in [6.07, 6.45) is 5.96. The summed E-state index contributed by atoms with van der Waals surface area (Å²) < 4.78 is 3.65. The van der Waals surface area contributed by atoms with Crippen molar-refractivity contribution in [3.05, 3.63) is 56.1 Å². The number of aryl methyl sites for hydroxylation is 1. The molecule has 120 valence electrons. The maximum atomic E-state index is 3.55. The number of nitrogens with zero attached hydrogens (tertiary/aromatic N) is 2. The Hall–Kier alpha value is -1.48. The van der Waals surface area contributed by atoms with Gasteiger partial charge in [-0.3, -0.25) is 0 Å². The molecule has 0 fully saturated rings. The van der Waals surface area contributed by atoms with Crippen molar-refractivity contribution in [3.8, 4) is 0 Å². The highest BCUT2D eigenvalue weighted by Crippen LogP contribution is 2.26. The van der Waals surface area contributed by atoms with E-state index in [1.165, 1.54) is 33.8 Å². The predicted molar refractivity (Wildman–Crippen MR) is 99.4 cm³/mol. The molecule has 1 aliphatic heterocycles. The van der Waals surface area contributed by atoms with Crippen molar-refractivity contribution in [1.29, 1.82) is 0 Å². The number of fused-ring (bicyclic) bond motifs is 3. The Labute approximate surface area is 146 Å². The number of halogens is 1. The van der Waals surface area contributed by atoms with Crippen molar-refractivity contribution >= 4 is 28.2 Å². The van der Waals surface area contributed by atoms with E-state index in [0.717, 1.165) is 24.1 Å². The maximum absolute atomic E-state index is 3.55. The van der Waals surface area contributed by atoms with Crippen LogP contribution in [0, 0.1) is 12.3 Å². The van der Waals surface area contributed by atoms with Gasteiger partial charge >= 0.3 is 0 Å². The van der Waals surface area contributed by atoms with Crippen molar-refractivity contribution < 1.29 is 0 Å². The van der Waals surface area contributed by atoms with Crippen LogP contribution in [-0.2, 0) is 19.5 Å². The van der Waals surface area contributed by atoms with Crippen LogP contribution in [0.1, 0.15) is 30.5 Å². The summed E-state index contributed by atoms with van der Waals surface area (Å²) in [6, 6.07) is 8.96. The molecule has 23 heavy (non-hydrogen) atoms. The standard InChI is InChI=1S/C20H23BrN2/c1-14-8-17(21)5-4-15(14)12-22-6-7-23-18(13-22)9-16-10-20(2,3)11-19(16)23/h4-5,8-9,11,13H,6-7,10,12H2,1-3H3. The van der Waals surface area contributed by atoms with Crippen LogP contribution < -0.4 is 10.7 Å². The summed E-state index contributed by atoms with van der Waals surface area (Å²) in [5.41, 5.74) is 4.59. The predicted octanol–water partition coefficient (Wildman–Crippen LogP) is 3.18. The highest BCUT2D eigenvalue weighted by atomic mass is 79.9. The Bertz CT molecular complexity index is 889. The Morgan fingerprint density at radius 2 is 2.00 bits per heavy atom. The Kier molecular flexibility index (Phi) is 3.45. The van der Waals surface area contributed by atoms with E-state index in [2.05, 4.69) is 82.7 Å². The summed E-state index contributed by atoms with van der Waals surface area (Å²) in [5, 5.41) is 2.82. The minimum atomic E-state index is 0.318. The number of benzene rings is 1. The van der Waals surface area contributed by atoms with Crippen LogP contribution in [0.4, 0.5) is 0 Å². The fourth-order valence-electron chi connectivity index (χ4n) is 3.88. The monoisotopic (exact) mass is 370 g/mol. The lowest BCUT2D eigenvalue weighted by molar-refractivity contribution is 0.357. The molecule has 4 rings (SSSR count). The highest BCUT2D eigenvalue weighted by molar-refractivity contribution is 9.10. The topological polar surface area (TPSA) is 8.17 Å². The number of aromatic nitrogens is 1. The Morgan fingerprint density at radius 1 is 1.17 bits per heavy atom. The van der Waals surface area contributed by atoms with E-state index in [1.54, 1.807) is 0 Å². The zero-order valence-electron chi connectivity index (χ0n) is 14.1. The summed E-state index contributed by atoms with van der Waals surface area (Å²) >= 11 is 3.55. The van der Waals surface area contributed by atoms with Crippen LogP contribution in [0.3, 0.4) is 0 Å². The van der Waals surface area contributed by atoms with E-state index in [0.29, 0.717) is 5.41 Å². The van der Waals surface area contributed by atoms with Gasteiger partial charge in [0.05, 0.1) is 5.35 Å². The Morgan fingerprint density at radius 3 is 2.78 bits per heavy atom. The molecule has 1 aliphatic carbocycles. The molecule has 0 saturated carbocycles. The van der Waals surface area contributed by atoms with Gasteiger partial charge in [-0.1, -0.05) is 41.9 Å². The molecule has 1 aromatic carbocycles. The molecule has 0 radical (unpaired) electrons. The SMILES string of the molecule is Cc1cc(Br)ccc1CN1C=c2cc3c(n2CC1)=CC(C)(C)C3. The van der Waals surface area contributed by atoms with Crippen molar-refractivity contribution in [2.24, 2.45) is 5.41 Å². The number of hydrogen-bond donors (Lipinski definition) is 0. The first-order valence-electron chi connectivity index (χ1n) is 8.34. The van der Waals surface area contributed by atoms with Gasteiger partial charge in [-0.15, -0.1) is 0 Å². The van der Waals surface area contributed by atoms with Gasteiger partial charge in [-0.25, -0.2) is 0 Å². The minimum Gasteiger partial charge on any atom is -0.370 e. The molecule has 0 unspecified atom stereocenters. The van der Waals surface area contributed by atoms with E-state index in [-0.39, 0.29) is 0 Å². The van der Waals surface area contributed by atoms with Gasteiger partial charge < -0.3 is 9.47 Å². The lowest BCUT2D eigenvalue weighted by Crippen LogP contribution is -2.38. The van der Waals surface area contributed by atoms with E-state index in [4.69, 9.17) is 0 Å². The fourth-order valence-corrected chi connectivity index (χ4v) is 4.36. The lowest BCUT2D eigenvalue weighted by Gasteiger charge is -2.26. The third kappa shape index (κ3) is 2.76. The quantitative estimate of drug-likeness (QED) is 0.787. The zero-order valence-corrected chi connectivity index (χ0v) is 15.7.